The lowest BCUT2D eigenvalue weighted by Crippen LogP contribution is -2.41. The molecule has 0 rings (SSSR count). The Kier molecular flexibility index (Phi) is 7.79. The van der Waals surface area contributed by atoms with Gasteiger partial charge in [0.15, 0.2) is 0 Å². The van der Waals surface area contributed by atoms with E-state index in [0.717, 1.165) is 0 Å². The maximum atomic E-state index is 10.7. The predicted octanol–water partition coefficient (Wildman–Crippen LogP) is 1.84. The molecule has 0 aromatic rings. The van der Waals surface area contributed by atoms with Crippen molar-refractivity contribution in [2.75, 3.05) is 13.1 Å². The lowest BCUT2D eigenvalue weighted by atomic mass is 10.5. The van der Waals surface area contributed by atoms with Gasteiger partial charge in [0.05, 0.1) is 0 Å². The van der Waals surface area contributed by atoms with Crippen LogP contribution in [0.2, 0.25) is 0 Å². The fourth-order valence-corrected chi connectivity index (χ4v) is 0.882. The summed E-state index contributed by atoms with van der Waals surface area (Å²) in [5, 5.41) is 1.68. The number of carbonyl (C=O) groups excluding carboxylic acids is 1. The lowest BCUT2D eigenvalue weighted by Gasteiger charge is -2.18. The Morgan fingerprint density at radius 3 is 2.08 bits per heavy atom. The van der Waals surface area contributed by atoms with Crippen molar-refractivity contribution in [3.63, 3.8) is 0 Å². The zero-order chi connectivity index (χ0) is 10.1. The highest BCUT2D eigenvalue weighted by atomic mass is 35.5. The van der Waals surface area contributed by atoms with Gasteiger partial charge < -0.3 is 0 Å². The second-order valence-electron chi connectivity index (χ2n) is 2.30. The van der Waals surface area contributed by atoms with Crippen LogP contribution in [0.5, 0.6) is 0 Å². The summed E-state index contributed by atoms with van der Waals surface area (Å²) in [5.74, 6) is -0.119. The molecular weight excluding hydrogens is 211 g/mol. The third kappa shape index (κ3) is 7.84. The van der Waals surface area contributed by atoms with Crippen molar-refractivity contribution >= 4 is 29.1 Å². The number of carbonyl (C=O) groups is 1. The first-order valence-electron chi connectivity index (χ1n) is 3.73. The van der Waals surface area contributed by atoms with E-state index in [1.54, 1.807) is 17.2 Å². The Balaban J connectivity index is 3.93. The van der Waals surface area contributed by atoms with Crippen LogP contribution in [0.1, 0.15) is 6.92 Å². The second-order valence-corrected chi connectivity index (χ2v) is 2.80. The van der Waals surface area contributed by atoms with E-state index in [0.29, 0.717) is 13.1 Å². The van der Waals surface area contributed by atoms with Crippen LogP contribution in [-0.2, 0) is 4.79 Å². The van der Waals surface area contributed by atoms with Gasteiger partial charge in [0.25, 0.3) is 0 Å². The third-order valence-electron chi connectivity index (χ3n) is 1.15. The van der Waals surface area contributed by atoms with Crippen LogP contribution in [0, 0.1) is 0 Å². The largest absolute Gasteiger partial charge is 0.289 e. The summed E-state index contributed by atoms with van der Waals surface area (Å²) in [7, 11) is 0. The molecule has 0 spiro atoms. The maximum absolute atomic E-state index is 10.7. The highest BCUT2D eigenvalue weighted by molar-refractivity contribution is 6.25. The number of hydrogen-bond donors (Lipinski definition) is 1. The number of rotatable bonds is 5. The molecule has 0 saturated carbocycles. The van der Waals surface area contributed by atoms with Crippen molar-refractivity contribution < 1.29 is 4.79 Å². The molecule has 0 unspecified atom stereocenters. The molecule has 0 aromatic heterocycles. The fraction of sp³-hybridized carbons (Fsp3) is 0.375. The number of nitrogens with one attached hydrogen (secondary N) is 1. The molecule has 0 aliphatic rings. The van der Waals surface area contributed by atoms with Crippen molar-refractivity contribution in [1.29, 1.82) is 0 Å². The van der Waals surface area contributed by atoms with Crippen LogP contribution in [0.4, 0.5) is 0 Å². The van der Waals surface area contributed by atoms with Crippen LogP contribution < -0.4 is 5.43 Å². The van der Waals surface area contributed by atoms with E-state index in [4.69, 9.17) is 23.2 Å². The van der Waals surface area contributed by atoms with Gasteiger partial charge in [0, 0.05) is 31.1 Å². The summed E-state index contributed by atoms with van der Waals surface area (Å²) in [5.41, 5.74) is 5.43. The van der Waals surface area contributed by atoms with E-state index >= 15 is 0 Å². The average molecular weight is 223 g/mol. The summed E-state index contributed by atoms with van der Waals surface area (Å²) in [6, 6.07) is 0. The van der Waals surface area contributed by atoms with Gasteiger partial charge in [-0.3, -0.25) is 10.2 Å². The number of amides is 1. The highest BCUT2D eigenvalue weighted by Crippen LogP contribution is 1.88. The molecule has 13 heavy (non-hydrogen) atoms. The van der Waals surface area contributed by atoms with E-state index in [-0.39, 0.29) is 5.91 Å². The highest BCUT2D eigenvalue weighted by Gasteiger charge is 2.00. The molecule has 1 N–H and O–H groups in total. The zero-order valence-electron chi connectivity index (χ0n) is 7.34. The zero-order valence-corrected chi connectivity index (χ0v) is 8.85. The lowest BCUT2D eigenvalue weighted by molar-refractivity contribution is -0.123. The van der Waals surface area contributed by atoms with E-state index in [9.17, 15) is 4.79 Å². The number of hydrazine groups is 1. The molecule has 0 aliphatic carbocycles. The molecule has 0 fully saturated rings. The first-order valence-corrected chi connectivity index (χ1v) is 4.60. The van der Waals surface area contributed by atoms with Gasteiger partial charge in [-0.15, -0.1) is 0 Å². The van der Waals surface area contributed by atoms with E-state index < -0.39 is 0 Å². The molecule has 1 amide bonds. The van der Waals surface area contributed by atoms with Crippen LogP contribution in [0.3, 0.4) is 0 Å². The predicted molar refractivity (Wildman–Crippen MR) is 55.4 cm³/mol. The van der Waals surface area contributed by atoms with E-state index in [1.165, 1.54) is 18.0 Å². The third-order valence-corrected chi connectivity index (χ3v) is 1.50. The van der Waals surface area contributed by atoms with Crippen LogP contribution >= 0.6 is 23.2 Å². The van der Waals surface area contributed by atoms with Gasteiger partial charge in [-0.25, -0.2) is 5.01 Å². The number of halogens is 2. The Morgan fingerprint density at radius 1 is 1.31 bits per heavy atom. The molecule has 0 saturated heterocycles. The molecule has 3 nitrogen and oxygen atoms in total. The van der Waals surface area contributed by atoms with E-state index in [2.05, 4.69) is 5.43 Å². The first-order chi connectivity index (χ1) is 6.20. The minimum absolute atomic E-state index is 0.119. The van der Waals surface area contributed by atoms with Gasteiger partial charge in [-0.2, -0.15) is 0 Å². The maximum Gasteiger partial charge on any atom is 0.231 e. The van der Waals surface area contributed by atoms with Gasteiger partial charge >= 0.3 is 0 Å². The summed E-state index contributed by atoms with van der Waals surface area (Å²) in [6.45, 7) is 2.54. The fourth-order valence-electron chi connectivity index (χ4n) is 0.723. The topological polar surface area (TPSA) is 32.3 Å². The molecule has 0 heterocycles. The van der Waals surface area contributed by atoms with Crippen LogP contribution in [0.15, 0.2) is 23.2 Å². The first kappa shape index (κ1) is 12.5. The van der Waals surface area contributed by atoms with Gasteiger partial charge in [0.2, 0.25) is 5.91 Å². The Hall–Kier alpha value is -0.510. The summed E-state index contributed by atoms with van der Waals surface area (Å²) < 4.78 is 0. The molecule has 0 aliphatic heterocycles. The monoisotopic (exact) mass is 222 g/mol. The molecule has 0 aromatic carbocycles. The Labute approximate surface area is 88.0 Å². The minimum atomic E-state index is -0.119. The number of hydrogen-bond acceptors (Lipinski definition) is 2. The van der Waals surface area contributed by atoms with Gasteiger partial charge in [-0.1, -0.05) is 35.4 Å². The van der Waals surface area contributed by atoms with Crippen molar-refractivity contribution in [2.45, 2.75) is 6.92 Å². The molecule has 0 bridgehead atoms. The number of nitrogens with zero attached hydrogens (tertiary/aromatic N) is 1. The normalized spacial score (nSPS) is 11.7. The van der Waals surface area contributed by atoms with Crippen molar-refractivity contribution in [3.8, 4) is 0 Å². The quantitative estimate of drug-likeness (QED) is 0.721. The summed E-state index contributed by atoms with van der Waals surface area (Å²) in [4.78, 5) is 10.7. The van der Waals surface area contributed by atoms with Gasteiger partial charge in [-0.05, 0) is 0 Å². The van der Waals surface area contributed by atoms with Crippen molar-refractivity contribution in [1.82, 2.24) is 10.4 Å². The molecule has 5 heteroatoms. The molecule has 0 atom stereocenters. The molecule has 0 radical (unpaired) electrons. The SMILES string of the molecule is CC(=O)NN(C/C=C/Cl)C/C=C/Cl. The Bertz CT molecular complexity index is 190. The van der Waals surface area contributed by atoms with Crippen LogP contribution in [0.25, 0.3) is 0 Å². The molecular formula is C8H12Cl2N2O. The Morgan fingerprint density at radius 2 is 1.77 bits per heavy atom. The summed E-state index contributed by atoms with van der Waals surface area (Å²) >= 11 is 10.7. The minimum Gasteiger partial charge on any atom is -0.289 e. The standard InChI is InChI=1S/C8H12Cl2N2O/c1-8(13)11-12(6-2-4-9)7-3-5-10/h2-5H,6-7H2,1H3,(H,11,13)/b4-2+,5-3+. The van der Waals surface area contributed by atoms with E-state index in [1.807, 2.05) is 0 Å². The van der Waals surface area contributed by atoms with Crippen molar-refractivity contribution in [3.05, 3.63) is 23.2 Å². The summed E-state index contributed by atoms with van der Waals surface area (Å²) in [6.07, 6.45) is 3.44. The second kappa shape index (κ2) is 8.10. The van der Waals surface area contributed by atoms with Gasteiger partial charge in [0.1, 0.15) is 0 Å². The molecule has 74 valence electrons. The smallest absolute Gasteiger partial charge is 0.231 e. The van der Waals surface area contributed by atoms with Crippen molar-refractivity contribution in [2.24, 2.45) is 0 Å². The van der Waals surface area contributed by atoms with Crippen LogP contribution in [-0.4, -0.2) is 24.0 Å². The average Bonchev–Trinajstić information content (AvgIpc) is 2.09.